The van der Waals surface area contributed by atoms with Gasteiger partial charge in [-0.1, -0.05) is 0 Å². The molecule has 0 aromatic rings. The second-order valence-corrected chi connectivity index (χ2v) is 2.15. The van der Waals surface area contributed by atoms with E-state index < -0.39 is 6.09 Å². The zero-order valence-electron chi connectivity index (χ0n) is 7.99. The van der Waals surface area contributed by atoms with Crippen molar-refractivity contribution in [1.82, 2.24) is 10.4 Å². The summed E-state index contributed by atoms with van der Waals surface area (Å²) in [6.45, 7) is 1.83. The van der Waals surface area contributed by atoms with Crippen molar-refractivity contribution in [3.63, 3.8) is 0 Å². The molecule has 0 saturated heterocycles. The quantitative estimate of drug-likeness (QED) is 0.621. The second-order valence-electron chi connectivity index (χ2n) is 2.15. The van der Waals surface area contributed by atoms with Gasteiger partial charge in [-0.05, 0) is 6.92 Å². The van der Waals surface area contributed by atoms with Gasteiger partial charge in [0.15, 0.2) is 0 Å². The van der Waals surface area contributed by atoms with Crippen LogP contribution in [0.4, 0.5) is 4.79 Å². The Balaban J connectivity index is 3.63. The molecule has 0 aliphatic carbocycles. The summed E-state index contributed by atoms with van der Waals surface area (Å²) in [4.78, 5) is 26.3. The van der Waals surface area contributed by atoms with Crippen LogP contribution in [-0.2, 0) is 14.4 Å². The van der Waals surface area contributed by atoms with Crippen molar-refractivity contribution in [1.29, 1.82) is 0 Å². The molecule has 13 heavy (non-hydrogen) atoms. The average Bonchev–Trinajstić information content (AvgIpc) is 2.13. The summed E-state index contributed by atoms with van der Waals surface area (Å²) in [6, 6.07) is 0. The summed E-state index contributed by atoms with van der Waals surface area (Å²) in [5.74, 6) is -0.351. The highest BCUT2D eigenvalue weighted by atomic mass is 16.7. The minimum absolute atomic E-state index is 0.136. The maximum Gasteiger partial charge on any atom is 0.407 e. The highest BCUT2D eigenvalue weighted by molar-refractivity contribution is 5.81. The lowest BCUT2D eigenvalue weighted by Gasteiger charge is -2.13. The molecule has 2 amide bonds. The van der Waals surface area contributed by atoms with E-state index in [9.17, 15) is 9.59 Å². The number of alkyl carbamates (subject to hydrolysis) is 1. The van der Waals surface area contributed by atoms with E-state index in [0.717, 1.165) is 5.06 Å². The van der Waals surface area contributed by atoms with E-state index in [1.165, 1.54) is 14.2 Å². The highest BCUT2D eigenvalue weighted by Crippen LogP contribution is 1.83. The molecule has 1 N–H and O–H groups in total. The molecule has 0 radical (unpaired) electrons. The first-order chi connectivity index (χ1) is 6.11. The van der Waals surface area contributed by atoms with Crippen LogP contribution in [0, 0.1) is 0 Å². The molecular weight excluding hydrogens is 176 g/mol. The number of hydroxylamine groups is 2. The zero-order valence-corrected chi connectivity index (χ0v) is 7.99. The molecule has 0 aliphatic rings. The highest BCUT2D eigenvalue weighted by Gasteiger charge is 2.09. The van der Waals surface area contributed by atoms with Crippen LogP contribution in [0.2, 0.25) is 0 Å². The SMILES string of the molecule is CCOC(=O)NCC(=O)N(C)OC. The largest absolute Gasteiger partial charge is 0.450 e. The Labute approximate surface area is 76.7 Å². The van der Waals surface area contributed by atoms with Gasteiger partial charge in [0, 0.05) is 7.05 Å². The van der Waals surface area contributed by atoms with Gasteiger partial charge < -0.3 is 10.1 Å². The lowest BCUT2D eigenvalue weighted by molar-refractivity contribution is -0.167. The number of carbonyl (C=O) groups is 2. The topological polar surface area (TPSA) is 67.9 Å². The van der Waals surface area contributed by atoms with Crippen molar-refractivity contribution in [2.24, 2.45) is 0 Å². The summed E-state index contributed by atoms with van der Waals surface area (Å²) in [7, 11) is 2.82. The molecule has 0 heterocycles. The first-order valence-electron chi connectivity index (χ1n) is 3.83. The summed E-state index contributed by atoms with van der Waals surface area (Å²) in [5.41, 5.74) is 0. The summed E-state index contributed by atoms with van der Waals surface area (Å²) in [6.07, 6.45) is -0.611. The van der Waals surface area contributed by atoms with Crippen molar-refractivity contribution in [3.05, 3.63) is 0 Å². The lowest BCUT2D eigenvalue weighted by Crippen LogP contribution is -2.37. The number of amides is 2. The molecule has 0 aliphatic heterocycles. The second kappa shape index (κ2) is 6.24. The van der Waals surface area contributed by atoms with Crippen LogP contribution < -0.4 is 5.32 Å². The van der Waals surface area contributed by atoms with Gasteiger partial charge in [0.2, 0.25) is 0 Å². The predicted molar refractivity (Wildman–Crippen MR) is 44.8 cm³/mol. The number of ether oxygens (including phenoxy) is 1. The number of hydrogen-bond acceptors (Lipinski definition) is 4. The molecule has 76 valence electrons. The molecule has 0 saturated carbocycles. The smallest absolute Gasteiger partial charge is 0.407 e. The Hall–Kier alpha value is -1.30. The minimum atomic E-state index is -0.611. The standard InChI is InChI=1S/C7H14N2O4/c1-4-13-7(11)8-5-6(10)9(2)12-3/h4-5H2,1-3H3,(H,8,11). The van der Waals surface area contributed by atoms with E-state index in [1.807, 2.05) is 0 Å². The minimum Gasteiger partial charge on any atom is -0.450 e. The maximum absolute atomic E-state index is 11.0. The van der Waals surface area contributed by atoms with Gasteiger partial charge in [0.05, 0.1) is 13.7 Å². The van der Waals surface area contributed by atoms with Crippen LogP contribution in [-0.4, -0.2) is 44.4 Å². The Bertz CT molecular complexity index is 183. The molecule has 0 atom stereocenters. The Morgan fingerprint density at radius 1 is 1.46 bits per heavy atom. The van der Waals surface area contributed by atoms with Crippen LogP contribution in [0.25, 0.3) is 0 Å². The zero-order chi connectivity index (χ0) is 10.3. The fourth-order valence-electron chi connectivity index (χ4n) is 0.543. The molecule has 6 heteroatoms. The average molecular weight is 190 g/mol. The fraction of sp³-hybridized carbons (Fsp3) is 0.714. The summed E-state index contributed by atoms with van der Waals surface area (Å²) >= 11 is 0. The summed E-state index contributed by atoms with van der Waals surface area (Å²) < 4.78 is 4.54. The van der Waals surface area contributed by atoms with Gasteiger partial charge in [-0.3, -0.25) is 9.63 Å². The van der Waals surface area contributed by atoms with Crippen molar-refractivity contribution in [3.8, 4) is 0 Å². The molecule has 6 nitrogen and oxygen atoms in total. The van der Waals surface area contributed by atoms with Crippen LogP contribution in [0.5, 0.6) is 0 Å². The monoisotopic (exact) mass is 190 g/mol. The number of likely N-dealkylation sites (N-methyl/N-ethyl adjacent to an activating group) is 1. The van der Waals surface area contributed by atoms with Gasteiger partial charge >= 0.3 is 6.09 Å². The van der Waals surface area contributed by atoms with Gasteiger partial charge in [0.1, 0.15) is 6.54 Å². The first-order valence-corrected chi connectivity index (χ1v) is 3.83. The number of nitrogens with zero attached hydrogens (tertiary/aromatic N) is 1. The summed E-state index contributed by atoms with van der Waals surface area (Å²) in [5, 5.41) is 3.29. The van der Waals surface area contributed by atoms with E-state index in [-0.39, 0.29) is 19.1 Å². The number of hydrogen-bond donors (Lipinski definition) is 1. The third-order valence-corrected chi connectivity index (χ3v) is 1.28. The van der Waals surface area contributed by atoms with E-state index in [4.69, 9.17) is 0 Å². The maximum atomic E-state index is 11.0. The van der Waals surface area contributed by atoms with E-state index in [2.05, 4.69) is 14.9 Å². The van der Waals surface area contributed by atoms with E-state index in [0.29, 0.717) is 0 Å². The molecule has 0 aromatic carbocycles. The molecule has 0 unspecified atom stereocenters. The van der Waals surface area contributed by atoms with Crippen molar-refractivity contribution < 1.29 is 19.2 Å². The third-order valence-electron chi connectivity index (χ3n) is 1.28. The molecule has 0 rings (SSSR count). The molecule has 0 bridgehead atoms. The van der Waals surface area contributed by atoms with Crippen molar-refractivity contribution in [2.75, 3.05) is 27.3 Å². The lowest BCUT2D eigenvalue weighted by atomic mass is 10.6. The molecule has 0 spiro atoms. The first kappa shape index (κ1) is 11.7. The normalized spacial score (nSPS) is 9.15. The van der Waals surface area contributed by atoms with Crippen LogP contribution in [0.3, 0.4) is 0 Å². The van der Waals surface area contributed by atoms with Gasteiger partial charge in [-0.15, -0.1) is 0 Å². The van der Waals surface area contributed by atoms with Crippen molar-refractivity contribution in [2.45, 2.75) is 6.92 Å². The van der Waals surface area contributed by atoms with E-state index in [1.54, 1.807) is 6.92 Å². The Kier molecular flexibility index (Phi) is 5.62. The van der Waals surface area contributed by atoms with Gasteiger partial charge in [-0.2, -0.15) is 0 Å². The number of rotatable bonds is 4. The third kappa shape index (κ3) is 5.02. The van der Waals surface area contributed by atoms with Crippen LogP contribution in [0.1, 0.15) is 6.92 Å². The van der Waals surface area contributed by atoms with E-state index >= 15 is 0 Å². The number of carbonyl (C=O) groups excluding carboxylic acids is 2. The number of nitrogens with one attached hydrogen (secondary N) is 1. The molecular formula is C7H14N2O4. The fourth-order valence-corrected chi connectivity index (χ4v) is 0.543. The Morgan fingerprint density at radius 3 is 2.54 bits per heavy atom. The van der Waals surface area contributed by atoms with Crippen LogP contribution >= 0.6 is 0 Å². The molecule has 0 fully saturated rings. The Morgan fingerprint density at radius 2 is 2.08 bits per heavy atom. The van der Waals surface area contributed by atoms with Crippen LogP contribution in [0.15, 0.2) is 0 Å². The van der Waals surface area contributed by atoms with Crippen molar-refractivity contribution >= 4 is 12.0 Å². The predicted octanol–water partition coefficient (Wildman–Crippen LogP) is -0.248. The molecule has 0 aromatic heterocycles. The van der Waals surface area contributed by atoms with Gasteiger partial charge in [0.25, 0.3) is 5.91 Å². The van der Waals surface area contributed by atoms with Gasteiger partial charge in [-0.25, -0.2) is 9.86 Å².